The van der Waals surface area contributed by atoms with E-state index in [4.69, 9.17) is 0 Å². The minimum atomic E-state index is 0.694. The molecule has 0 atom stereocenters. The Morgan fingerprint density at radius 1 is 1.10 bits per heavy atom. The van der Waals surface area contributed by atoms with E-state index >= 15 is 0 Å². The molecule has 0 aromatic heterocycles. The van der Waals surface area contributed by atoms with Gasteiger partial charge in [0.15, 0.2) is 0 Å². The standard InChI is InChI=1S/C10H12/c1-7(2)10-5-8-3-9(4-8)6-10/h3,5-7H,4H2,1-2H3. The highest BCUT2D eigenvalue weighted by Crippen LogP contribution is 2.27. The third-order valence-electron chi connectivity index (χ3n) is 2.15. The van der Waals surface area contributed by atoms with Gasteiger partial charge in [0.25, 0.3) is 0 Å². The zero-order chi connectivity index (χ0) is 7.14. The highest BCUT2D eigenvalue weighted by molar-refractivity contribution is 5.42. The Morgan fingerprint density at radius 2 is 1.60 bits per heavy atom. The summed E-state index contributed by atoms with van der Waals surface area (Å²) in [5, 5.41) is 0. The Balaban J connectivity index is 2.42. The van der Waals surface area contributed by atoms with E-state index in [-0.39, 0.29) is 0 Å². The van der Waals surface area contributed by atoms with Crippen molar-refractivity contribution >= 4 is 0 Å². The summed E-state index contributed by atoms with van der Waals surface area (Å²) in [6.07, 6.45) is 1.22. The van der Waals surface area contributed by atoms with Gasteiger partial charge in [0.2, 0.25) is 0 Å². The van der Waals surface area contributed by atoms with Crippen LogP contribution in [-0.2, 0) is 6.42 Å². The van der Waals surface area contributed by atoms with E-state index in [1.54, 1.807) is 0 Å². The fourth-order valence-corrected chi connectivity index (χ4v) is 1.43. The molecule has 1 aromatic carbocycles. The number of fused-ring (bicyclic) bond motifs is 2. The minimum absolute atomic E-state index is 0.694. The summed E-state index contributed by atoms with van der Waals surface area (Å²) < 4.78 is 0. The van der Waals surface area contributed by atoms with Crippen LogP contribution in [-0.4, -0.2) is 0 Å². The van der Waals surface area contributed by atoms with Gasteiger partial charge in [-0.15, -0.1) is 0 Å². The first-order chi connectivity index (χ1) is 4.75. The molecule has 0 N–H and O–H groups in total. The summed E-state index contributed by atoms with van der Waals surface area (Å²) in [5.74, 6) is 0.694. The first-order valence-electron chi connectivity index (χ1n) is 3.88. The van der Waals surface area contributed by atoms with Crippen molar-refractivity contribution in [2.75, 3.05) is 0 Å². The molecule has 0 saturated heterocycles. The average molecular weight is 132 g/mol. The van der Waals surface area contributed by atoms with E-state index in [9.17, 15) is 0 Å². The third kappa shape index (κ3) is 0.756. The van der Waals surface area contributed by atoms with Crippen molar-refractivity contribution in [3.63, 3.8) is 0 Å². The fraction of sp³-hybridized carbons (Fsp3) is 0.400. The van der Waals surface area contributed by atoms with E-state index in [0.29, 0.717) is 5.92 Å². The van der Waals surface area contributed by atoms with Gasteiger partial charge in [-0.1, -0.05) is 32.0 Å². The van der Waals surface area contributed by atoms with Crippen molar-refractivity contribution < 1.29 is 0 Å². The van der Waals surface area contributed by atoms with Crippen LogP contribution >= 0.6 is 0 Å². The lowest BCUT2D eigenvalue weighted by Crippen LogP contribution is -2.03. The smallest absolute Gasteiger partial charge is 0.00254 e. The Labute approximate surface area is 61.9 Å². The van der Waals surface area contributed by atoms with Crippen LogP contribution in [0.4, 0.5) is 0 Å². The lowest BCUT2D eigenvalue weighted by Gasteiger charge is -2.18. The van der Waals surface area contributed by atoms with Crippen molar-refractivity contribution in [1.82, 2.24) is 0 Å². The second-order valence-electron chi connectivity index (χ2n) is 3.41. The van der Waals surface area contributed by atoms with Crippen molar-refractivity contribution in [1.29, 1.82) is 0 Å². The predicted molar refractivity (Wildman–Crippen MR) is 43.3 cm³/mol. The summed E-state index contributed by atoms with van der Waals surface area (Å²) in [5.41, 5.74) is 4.53. The molecule has 0 aliphatic heterocycles. The molecule has 0 saturated carbocycles. The summed E-state index contributed by atoms with van der Waals surface area (Å²) in [7, 11) is 0. The van der Waals surface area contributed by atoms with Gasteiger partial charge < -0.3 is 0 Å². The molecule has 0 unspecified atom stereocenters. The molecule has 2 aliphatic carbocycles. The van der Waals surface area contributed by atoms with Gasteiger partial charge >= 0.3 is 0 Å². The van der Waals surface area contributed by atoms with Crippen LogP contribution in [0.3, 0.4) is 0 Å². The minimum Gasteiger partial charge on any atom is -0.0587 e. The average Bonchev–Trinajstić information content (AvgIpc) is 1.86. The van der Waals surface area contributed by atoms with Gasteiger partial charge in [-0.25, -0.2) is 0 Å². The number of benzene rings is 1. The van der Waals surface area contributed by atoms with E-state index in [2.05, 4.69) is 32.0 Å². The fourth-order valence-electron chi connectivity index (χ4n) is 1.43. The molecule has 0 amide bonds. The Bertz CT molecular complexity index is 238. The molecule has 1 aromatic rings. The zero-order valence-corrected chi connectivity index (χ0v) is 6.52. The maximum absolute atomic E-state index is 2.32. The molecule has 0 fully saturated rings. The molecule has 10 heavy (non-hydrogen) atoms. The van der Waals surface area contributed by atoms with E-state index < -0.39 is 0 Å². The number of rotatable bonds is 1. The molecular formula is C10H12. The van der Waals surface area contributed by atoms with Crippen LogP contribution in [0.25, 0.3) is 0 Å². The van der Waals surface area contributed by atoms with Crippen LogP contribution in [0.15, 0.2) is 18.2 Å². The summed E-state index contributed by atoms with van der Waals surface area (Å²) in [4.78, 5) is 0. The monoisotopic (exact) mass is 132 g/mol. The molecule has 2 aliphatic rings. The van der Waals surface area contributed by atoms with Gasteiger partial charge in [0.1, 0.15) is 0 Å². The molecule has 0 nitrogen and oxygen atoms in total. The maximum atomic E-state index is 2.32. The molecule has 0 radical (unpaired) electrons. The van der Waals surface area contributed by atoms with Gasteiger partial charge in [0, 0.05) is 0 Å². The van der Waals surface area contributed by atoms with Crippen molar-refractivity contribution in [3.8, 4) is 0 Å². The quantitative estimate of drug-likeness (QED) is 0.559. The van der Waals surface area contributed by atoms with Gasteiger partial charge in [-0.05, 0) is 29.0 Å². The first-order valence-corrected chi connectivity index (χ1v) is 3.88. The van der Waals surface area contributed by atoms with Gasteiger partial charge in [0.05, 0.1) is 0 Å². The lowest BCUT2D eigenvalue weighted by molar-refractivity contribution is 0.849. The summed E-state index contributed by atoms with van der Waals surface area (Å²) in [6.45, 7) is 4.49. The van der Waals surface area contributed by atoms with Crippen LogP contribution < -0.4 is 0 Å². The predicted octanol–water partition coefficient (Wildman–Crippen LogP) is 2.71. The molecule has 0 heterocycles. The van der Waals surface area contributed by atoms with Crippen molar-refractivity contribution in [3.05, 3.63) is 34.9 Å². The summed E-state index contributed by atoms with van der Waals surface area (Å²) in [6, 6.07) is 6.90. The second-order valence-corrected chi connectivity index (χ2v) is 3.41. The van der Waals surface area contributed by atoms with E-state index in [0.717, 1.165) is 0 Å². The number of hydrogen-bond donors (Lipinski definition) is 0. The van der Waals surface area contributed by atoms with Crippen LogP contribution in [0, 0.1) is 0 Å². The molecular weight excluding hydrogens is 120 g/mol. The third-order valence-corrected chi connectivity index (χ3v) is 2.15. The van der Waals surface area contributed by atoms with Crippen LogP contribution in [0.1, 0.15) is 36.5 Å². The zero-order valence-electron chi connectivity index (χ0n) is 6.52. The molecule has 0 spiro atoms. The lowest BCUT2D eigenvalue weighted by atomic mass is 9.87. The molecule has 3 rings (SSSR count). The SMILES string of the molecule is CC(C)c1cc2cc(c1)C2. The first kappa shape index (κ1) is 5.96. The van der Waals surface area contributed by atoms with Crippen LogP contribution in [0.5, 0.6) is 0 Å². The largest absolute Gasteiger partial charge is 0.0587 e. The van der Waals surface area contributed by atoms with E-state index in [1.807, 2.05) is 0 Å². The molecule has 2 bridgehead atoms. The Hall–Kier alpha value is -0.780. The highest BCUT2D eigenvalue weighted by Gasteiger charge is 2.11. The van der Waals surface area contributed by atoms with Crippen molar-refractivity contribution in [2.45, 2.75) is 26.2 Å². The van der Waals surface area contributed by atoms with Gasteiger partial charge in [-0.2, -0.15) is 0 Å². The van der Waals surface area contributed by atoms with Crippen LogP contribution in [0.2, 0.25) is 0 Å². The summed E-state index contributed by atoms with van der Waals surface area (Å²) >= 11 is 0. The Morgan fingerprint density at radius 3 is 1.90 bits per heavy atom. The maximum Gasteiger partial charge on any atom is -0.00254 e. The normalized spacial score (nSPS) is 13.5. The highest BCUT2D eigenvalue weighted by atomic mass is 14.2. The number of hydrogen-bond acceptors (Lipinski definition) is 0. The van der Waals surface area contributed by atoms with E-state index in [1.165, 1.54) is 23.1 Å². The topological polar surface area (TPSA) is 0 Å². The van der Waals surface area contributed by atoms with Gasteiger partial charge in [-0.3, -0.25) is 0 Å². The molecule has 0 heteroatoms. The second kappa shape index (κ2) is 1.85. The van der Waals surface area contributed by atoms with Crippen molar-refractivity contribution in [2.24, 2.45) is 0 Å². The molecule has 52 valence electrons. The Kier molecular flexibility index (Phi) is 1.10.